The summed E-state index contributed by atoms with van der Waals surface area (Å²) in [6.45, 7) is -1.08. The van der Waals surface area contributed by atoms with Gasteiger partial charge >= 0.3 is 6.61 Å². The Balaban J connectivity index is 2.35. The van der Waals surface area contributed by atoms with Gasteiger partial charge in [0.2, 0.25) is 0 Å². The summed E-state index contributed by atoms with van der Waals surface area (Å²) in [6, 6.07) is 6.40. The number of rotatable bonds is 7. The molecular formula is C16H16F2N2O3. The number of alkyl halides is 2. The van der Waals surface area contributed by atoms with E-state index in [4.69, 9.17) is 10.00 Å². The third kappa shape index (κ3) is 4.68. The lowest BCUT2D eigenvalue weighted by atomic mass is 10.1. The van der Waals surface area contributed by atoms with Crippen molar-refractivity contribution in [3.63, 3.8) is 0 Å². The molecule has 1 aromatic rings. The Bertz CT molecular complexity index is 649. The monoisotopic (exact) mass is 322 g/mol. The molecule has 0 bridgehead atoms. The number of nitrogens with zero attached hydrogens (tertiary/aromatic N) is 1. The van der Waals surface area contributed by atoms with Gasteiger partial charge in [0.25, 0.3) is 5.91 Å². The van der Waals surface area contributed by atoms with Gasteiger partial charge in [-0.25, -0.2) is 0 Å². The number of nitrogens with one attached hydrogen (secondary N) is 1. The van der Waals surface area contributed by atoms with Gasteiger partial charge in [-0.3, -0.25) is 4.79 Å². The van der Waals surface area contributed by atoms with E-state index < -0.39 is 12.5 Å². The molecule has 5 nitrogen and oxygen atoms in total. The first kappa shape index (κ1) is 16.7. The van der Waals surface area contributed by atoms with Crippen LogP contribution < -0.4 is 14.8 Å². The molecule has 1 aliphatic rings. The maximum absolute atomic E-state index is 12.6. The minimum absolute atomic E-state index is 0.0887. The van der Waals surface area contributed by atoms with Gasteiger partial charge in [0.05, 0.1) is 6.61 Å². The number of carbonyl (C=O) groups is 1. The lowest BCUT2D eigenvalue weighted by molar-refractivity contribution is -0.117. The van der Waals surface area contributed by atoms with Crippen LogP contribution in [0.5, 0.6) is 11.5 Å². The molecule has 122 valence electrons. The number of amides is 1. The van der Waals surface area contributed by atoms with Crippen LogP contribution in [0, 0.1) is 11.3 Å². The summed E-state index contributed by atoms with van der Waals surface area (Å²) in [6.07, 6.45) is 2.98. The number of halogens is 2. The van der Waals surface area contributed by atoms with Crippen molar-refractivity contribution in [1.29, 1.82) is 5.26 Å². The summed E-state index contributed by atoms with van der Waals surface area (Å²) in [4.78, 5) is 12.0. The van der Waals surface area contributed by atoms with Crippen molar-refractivity contribution < 1.29 is 23.0 Å². The first-order chi connectivity index (χ1) is 11.0. The van der Waals surface area contributed by atoms with Crippen molar-refractivity contribution in [2.75, 3.05) is 6.61 Å². The molecule has 23 heavy (non-hydrogen) atoms. The average molecular weight is 322 g/mol. The Morgan fingerprint density at radius 2 is 2.26 bits per heavy atom. The predicted molar refractivity (Wildman–Crippen MR) is 79.0 cm³/mol. The Hall–Kier alpha value is -2.62. The largest absolute Gasteiger partial charge is 0.490 e. The van der Waals surface area contributed by atoms with Crippen LogP contribution in [0.2, 0.25) is 0 Å². The molecule has 0 aromatic heterocycles. The fourth-order valence-electron chi connectivity index (χ4n) is 1.93. The van der Waals surface area contributed by atoms with Crippen LogP contribution in [-0.2, 0) is 4.79 Å². The van der Waals surface area contributed by atoms with Gasteiger partial charge in [-0.15, -0.1) is 0 Å². The maximum Gasteiger partial charge on any atom is 0.387 e. The zero-order chi connectivity index (χ0) is 16.8. The molecule has 0 spiro atoms. The van der Waals surface area contributed by atoms with Gasteiger partial charge in [-0.1, -0.05) is 12.1 Å². The summed E-state index contributed by atoms with van der Waals surface area (Å²) < 4.78 is 35.0. The molecule has 1 aromatic carbocycles. The molecule has 1 aliphatic carbocycles. The highest BCUT2D eigenvalue weighted by Gasteiger charge is 2.25. The maximum atomic E-state index is 12.6. The number of ether oxygens (including phenoxy) is 2. The van der Waals surface area contributed by atoms with E-state index in [-0.39, 0.29) is 35.3 Å². The zero-order valence-corrected chi connectivity index (χ0v) is 12.5. The van der Waals surface area contributed by atoms with Crippen LogP contribution >= 0.6 is 0 Å². The fourth-order valence-corrected chi connectivity index (χ4v) is 1.93. The SMILES string of the molecule is CCOc1cccc(/C=C(\C#N)C(=O)NC2CC2)c1OC(F)F. The molecule has 1 N–H and O–H groups in total. The number of carbonyl (C=O) groups excluding carboxylic acids is 1. The van der Waals surface area contributed by atoms with Crippen LogP contribution in [0.3, 0.4) is 0 Å². The lowest BCUT2D eigenvalue weighted by Crippen LogP contribution is -2.26. The normalized spacial score (nSPS) is 14.3. The van der Waals surface area contributed by atoms with Gasteiger partial charge in [-0.2, -0.15) is 14.0 Å². The highest BCUT2D eigenvalue weighted by molar-refractivity contribution is 6.02. The molecule has 0 saturated heterocycles. The van der Waals surface area contributed by atoms with E-state index in [0.717, 1.165) is 12.8 Å². The second kappa shape index (κ2) is 7.58. The van der Waals surface area contributed by atoms with E-state index in [1.807, 2.05) is 0 Å². The van der Waals surface area contributed by atoms with Crippen LogP contribution in [0.15, 0.2) is 23.8 Å². The summed E-state index contributed by atoms with van der Waals surface area (Å²) in [7, 11) is 0. The molecule has 0 aliphatic heterocycles. The van der Waals surface area contributed by atoms with Crippen molar-refractivity contribution in [1.82, 2.24) is 5.32 Å². The number of nitriles is 1. The molecule has 0 atom stereocenters. The van der Waals surface area contributed by atoms with Gasteiger partial charge in [0.15, 0.2) is 11.5 Å². The standard InChI is InChI=1S/C16H16F2N2O3/c1-2-22-13-5-3-4-10(14(13)23-16(17)18)8-11(9-19)15(21)20-12-6-7-12/h3-5,8,12,16H,2,6-7H2,1H3,(H,20,21)/b11-8+. The third-order valence-electron chi connectivity index (χ3n) is 3.09. The molecule has 0 radical (unpaired) electrons. The molecule has 1 saturated carbocycles. The van der Waals surface area contributed by atoms with Crippen LogP contribution in [-0.4, -0.2) is 25.2 Å². The first-order valence-electron chi connectivity index (χ1n) is 7.18. The van der Waals surface area contributed by atoms with E-state index in [1.54, 1.807) is 19.1 Å². The lowest BCUT2D eigenvalue weighted by Gasteiger charge is -2.13. The van der Waals surface area contributed by atoms with Crippen LogP contribution in [0.4, 0.5) is 8.78 Å². The highest BCUT2D eigenvalue weighted by Crippen LogP contribution is 2.34. The second-order valence-electron chi connectivity index (χ2n) is 4.90. The predicted octanol–water partition coefficient (Wildman–Crippen LogP) is 2.87. The summed E-state index contributed by atoms with van der Waals surface area (Å²) in [5.74, 6) is -0.599. The zero-order valence-electron chi connectivity index (χ0n) is 12.5. The van der Waals surface area contributed by atoms with Gasteiger partial charge in [0.1, 0.15) is 11.6 Å². The van der Waals surface area contributed by atoms with Crippen molar-refractivity contribution in [3.8, 4) is 17.6 Å². The van der Waals surface area contributed by atoms with Crippen molar-refractivity contribution in [2.24, 2.45) is 0 Å². The number of hydrogen-bond acceptors (Lipinski definition) is 4. The Labute approximate surface area is 132 Å². The highest BCUT2D eigenvalue weighted by atomic mass is 19.3. The topological polar surface area (TPSA) is 71.3 Å². The molecular weight excluding hydrogens is 306 g/mol. The molecule has 0 unspecified atom stereocenters. The molecule has 0 heterocycles. The van der Waals surface area contributed by atoms with Crippen LogP contribution in [0.1, 0.15) is 25.3 Å². The van der Waals surface area contributed by atoms with Crippen molar-refractivity contribution in [2.45, 2.75) is 32.4 Å². The quantitative estimate of drug-likeness (QED) is 0.619. The minimum atomic E-state index is -3.05. The molecule has 7 heteroatoms. The Morgan fingerprint density at radius 3 is 2.83 bits per heavy atom. The van der Waals surface area contributed by atoms with Gasteiger partial charge < -0.3 is 14.8 Å². The van der Waals surface area contributed by atoms with Crippen molar-refractivity contribution >= 4 is 12.0 Å². The number of benzene rings is 1. The third-order valence-corrected chi connectivity index (χ3v) is 3.09. The Morgan fingerprint density at radius 1 is 1.52 bits per heavy atom. The van der Waals surface area contributed by atoms with Gasteiger partial charge in [0, 0.05) is 11.6 Å². The molecule has 1 fully saturated rings. The van der Waals surface area contributed by atoms with E-state index in [0.29, 0.717) is 0 Å². The van der Waals surface area contributed by atoms with Crippen LogP contribution in [0.25, 0.3) is 6.08 Å². The van der Waals surface area contributed by atoms with Crippen molar-refractivity contribution in [3.05, 3.63) is 29.3 Å². The van der Waals surface area contributed by atoms with E-state index >= 15 is 0 Å². The number of hydrogen-bond donors (Lipinski definition) is 1. The minimum Gasteiger partial charge on any atom is -0.490 e. The van der Waals surface area contributed by atoms with E-state index in [2.05, 4.69) is 10.1 Å². The fraction of sp³-hybridized carbons (Fsp3) is 0.375. The van der Waals surface area contributed by atoms with E-state index in [1.165, 1.54) is 18.2 Å². The molecule has 2 rings (SSSR count). The Kier molecular flexibility index (Phi) is 5.52. The first-order valence-corrected chi connectivity index (χ1v) is 7.18. The summed E-state index contributed by atoms with van der Waals surface area (Å²) in [5, 5.41) is 11.8. The molecule has 1 amide bonds. The second-order valence-corrected chi connectivity index (χ2v) is 4.90. The summed E-state index contributed by atoms with van der Waals surface area (Å²) in [5.41, 5.74) is 0.00316. The number of para-hydroxylation sites is 1. The van der Waals surface area contributed by atoms with E-state index in [9.17, 15) is 13.6 Å². The summed E-state index contributed by atoms with van der Waals surface area (Å²) >= 11 is 0. The van der Waals surface area contributed by atoms with Gasteiger partial charge in [-0.05, 0) is 31.9 Å². The average Bonchev–Trinajstić information content (AvgIpc) is 3.31. The smallest absolute Gasteiger partial charge is 0.387 e.